The summed E-state index contributed by atoms with van der Waals surface area (Å²) in [5.74, 6) is 0. The molecule has 0 saturated heterocycles. The molecule has 0 radical (unpaired) electrons. The summed E-state index contributed by atoms with van der Waals surface area (Å²) in [6.45, 7) is 0.390. The Bertz CT molecular complexity index is 54.0. The molecule has 0 aliphatic heterocycles. The first-order valence-corrected chi connectivity index (χ1v) is 2.91. The number of aliphatic hydroxyl groups is 2. The van der Waals surface area contributed by atoms with Crippen LogP contribution in [0.1, 0.15) is 14.3 Å². The smallest absolute Gasteiger partial charge is 1.00 e. The molecule has 0 aromatic rings. The maximum Gasteiger partial charge on any atom is 1.00 e. The van der Waals surface area contributed by atoms with Crippen molar-refractivity contribution in [2.24, 2.45) is 0 Å². The minimum absolute atomic E-state index is 0. The average molecular weight is 192 g/mol. The number of aliphatic hydroxyl groups excluding tert-OH is 2. The first-order valence-electron chi connectivity index (χ1n) is 2.91. The third-order valence-corrected chi connectivity index (χ3v) is 0.566. The maximum absolute atomic E-state index is 8.09. The molecule has 5 nitrogen and oxygen atoms in total. The molecule has 64 valence electrons. The van der Waals surface area contributed by atoms with E-state index in [1.165, 1.54) is 0 Å². The van der Waals surface area contributed by atoms with Crippen molar-refractivity contribution in [1.82, 2.24) is 0 Å². The van der Waals surface area contributed by atoms with Crippen LogP contribution in [0.15, 0.2) is 0 Å². The van der Waals surface area contributed by atoms with Crippen LogP contribution in [0.4, 0.5) is 0 Å². The van der Waals surface area contributed by atoms with E-state index in [9.17, 15) is 0 Å². The van der Waals surface area contributed by atoms with Crippen molar-refractivity contribution in [3.8, 4) is 0 Å². The van der Waals surface area contributed by atoms with Gasteiger partial charge in [-0.25, -0.2) is 0 Å². The molecule has 0 heterocycles. The Labute approximate surface area is 110 Å². The Morgan fingerprint density at radius 2 is 1.09 bits per heavy atom. The molecular weight excluding hydrogens is 178 g/mol. The van der Waals surface area contributed by atoms with Gasteiger partial charge in [0.05, 0.1) is 0 Å². The molecule has 5 N–H and O–H groups in total. The Hall–Kier alpha value is 1.50. The summed E-state index contributed by atoms with van der Waals surface area (Å²) in [7, 11) is -2.17. The summed E-state index contributed by atoms with van der Waals surface area (Å²) in [5, 5.41) is 37.7. The quantitative estimate of drug-likeness (QED) is 0.227. The van der Waals surface area contributed by atoms with E-state index in [2.05, 4.69) is 0 Å². The molecule has 11 heavy (non-hydrogen) atoms. The largest absolute Gasteiger partial charge is 1.00 e. The Morgan fingerprint density at radius 3 is 1.18 bits per heavy atom. The van der Waals surface area contributed by atoms with Gasteiger partial charge < -0.3 is 26.7 Å². The molecule has 0 aliphatic rings. The second-order valence-electron chi connectivity index (χ2n) is 1.50. The van der Waals surface area contributed by atoms with E-state index in [0.29, 0.717) is 0 Å². The molecule has 0 amide bonds. The first kappa shape index (κ1) is 18.3. The summed E-state index contributed by atoms with van der Waals surface area (Å²) >= 11 is 0. The van der Waals surface area contributed by atoms with Crippen molar-refractivity contribution < 1.29 is 78.1 Å². The van der Waals surface area contributed by atoms with E-state index >= 15 is 0 Å². The summed E-state index contributed by atoms with van der Waals surface area (Å²) in [4.78, 5) is 0. The molecule has 0 aromatic carbocycles. The van der Waals surface area contributed by atoms with Crippen molar-refractivity contribution in [2.45, 2.75) is 12.8 Å². The molecular formula is C4H14BKO5. The van der Waals surface area contributed by atoms with Gasteiger partial charge in [-0.3, -0.25) is 0 Å². The monoisotopic (exact) mass is 192 g/mol. The van der Waals surface area contributed by atoms with Crippen LogP contribution < -0.4 is 51.4 Å². The van der Waals surface area contributed by atoms with Crippen molar-refractivity contribution in [3.05, 3.63) is 0 Å². The van der Waals surface area contributed by atoms with Gasteiger partial charge in [0.15, 0.2) is 0 Å². The number of hydrogen-bond acceptors (Lipinski definition) is 5. The molecule has 0 atom stereocenters. The van der Waals surface area contributed by atoms with E-state index in [0.717, 1.165) is 12.8 Å². The van der Waals surface area contributed by atoms with Crippen molar-refractivity contribution in [3.63, 3.8) is 0 Å². The van der Waals surface area contributed by atoms with Crippen molar-refractivity contribution in [2.75, 3.05) is 13.2 Å². The first-order chi connectivity index (χ1) is 4.65. The van der Waals surface area contributed by atoms with Crippen LogP contribution in [0.5, 0.6) is 0 Å². The van der Waals surface area contributed by atoms with Crippen LogP contribution in [0, 0.1) is 0 Å². The van der Waals surface area contributed by atoms with Gasteiger partial charge in [-0.1, -0.05) is 0 Å². The second kappa shape index (κ2) is 17.5. The van der Waals surface area contributed by atoms with Gasteiger partial charge in [0.1, 0.15) is 0 Å². The van der Waals surface area contributed by atoms with Gasteiger partial charge in [0, 0.05) is 13.2 Å². The number of hydrogen-bond donors (Lipinski definition) is 5. The van der Waals surface area contributed by atoms with Gasteiger partial charge >= 0.3 is 58.7 Å². The molecule has 0 fully saturated rings. The van der Waals surface area contributed by atoms with Gasteiger partial charge in [0.25, 0.3) is 0 Å². The van der Waals surface area contributed by atoms with E-state index in [1.54, 1.807) is 0 Å². The van der Waals surface area contributed by atoms with Crippen LogP contribution in [-0.2, 0) is 0 Å². The van der Waals surface area contributed by atoms with E-state index in [-0.39, 0.29) is 66.0 Å². The average Bonchev–Trinajstić information content (AvgIpc) is 1.82. The SMILES string of the molecule is OB(O)O.OCCCCO.[H-].[K+]. The Morgan fingerprint density at radius 1 is 0.909 bits per heavy atom. The maximum atomic E-state index is 8.09. The predicted octanol–water partition coefficient (Wildman–Crippen LogP) is -5.18. The van der Waals surface area contributed by atoms with Crippen LogP contribution in [0.25, 0.3) is 0 Å². The van der Waals surface area contributed by atoms with Gasteiger partial charge in [-0.05, 0) is 12.8 Å². The molecule has 7 heteroatoms. The second-order valence-corrected chi connectivity index (χ2v) is 1.50. The molecule has 0 bridgehead atoms. The normalized spacial score (nSPS) is 7.36. The molecule has 0 unspecified atom stereocenters. The minimum Gasteiger partial charge on any atom is -1.00 e. The topological polar surface area (TPSA) is 101 Å². The summed E-state index contributed by atoms with van der Waals surface area (Å²) < 4.78 is 0. The van der Waals surface area contributed by atoms with Crippen LogP contribution in [0.3, 0.4) is 0 Å². The van der Waals surface area contributed by atoms with E-state index in [4.69, 9.17) is 25.3 Å². The molecule has 0 spiro atoms. The zero-order valence-corrected chi connectivity index (χ0v) is 9.76. The molecule has 0 rings (SSSR count). The fourth-order valence-electron chi connectivity index (χ4n) is 0.224. The number of rotatable bonds is 3. The molecule has 0 saturated carbocycles. The summed E-state index contributed by atoms with van der Waals surface area (Å²) in [6, 6.07) is 0. The van der Waals surface area contributed by atoms with Gasteiger partial charge in [0.2, 0.25) is 0 Å². The third kappa shape index (κ3) is 51.2. The van der Waals surface area contributed by atoms with E-state index in [1.807, 2.05) is 0 Å². The molecule has 0 aliphatic carbocycles. The molecule has 0 aromatic heterocycles. The Balaban J connectivity index is -0.0000000483. The van der Waals surface area contributed by atoms with E-state index < -0.39 is 7.32 Å². The minimum atomic E-state index is -2.17. The Kier molecular flexibility index (Phi) is 29.2. The van der Waals surface area contributed by atoms with Crippen LogP contribution in [0.2, 0.25) is 0 Å². The van der Waals surface area contributed by atoms with Gasteiger partial charge in [-0.15, -0.1) is 0 Å². The summed E-state index contributed by atoms with van der Waals surface area (Å²) in [5.41, 5.74) is 0. The predicted molar refractivity (Wildman–Crippen MR) is 36.9 cm³/mol. The zero-order chi connectivity index (χ0) is 8.41. The fourth-order valence-corrected chi connectivity index (χ4v) is 0.224. The fraction of sp³-hybridized carbons (Fsp3) is 1.00. The van der Waals surface area contributed by atoms with Crippen LogP contribution >= 0.6 is 0 Å². The van der Waals surface area contributed by atoms with Crippen molar-refractivity contribution >= 4 is 7.32 Å². The van der Waals surface area contributed by atoms with Gasteiger partial charge in [-0.2, -0.15) is 0 Å². The zero-order valence-electron chi connectivity index (χ0n) is 7.64. The van der Waals surface area contributed by atoms with Crippen molar-refractivity contribution in [1.29, 1.82) is 0 Å². The number of unbranched alkanes of at least 4 members (excludes halogenated alkanes) is 1. The third-order valence-electron chi connectivity index (χ3n) is 0.566. The van der Waals surface area contributed by atoms with Crippen LogP contribution in [-0.4, -0.2) is 45.8 Å². The summed E-state index contributed by atoms with van der Waals surface area (Å²) in [6.07, 6.45) is 1.44. The standard InChI is InChI=1S/C4H10O2.BH3O3.K.H/c5-3-1-2-4-6;2-1(3)4;;/h5-6H,1-4H2;2-4H;;/q;;+1;-1.